The van der Waals surface area contributed by atoms with Crippen LogP contribution < -0.4 is 5.32 Å². The Labute approximate surface area is 114 Å². The number of hydrogen-bond acceptors (Lipinski definition) is 3. The van der Waals surface area contributed by atoms with E-state index in [4.69, 9.17) is 0 Å². The van der Waals surface area contributed by atoms with Gasteiger partial charge in [0.25, 0.3) is 0 Å². The first-order chi connectivity index (χ1) is 9.16. The zero-order chi connectivity index (χ0) is 13.4. The molecule has 3 aliphatic rings. The molecule has 0 aromatic heterocycles. The predicted molar refractivity (Wildman–Crippen MR) is 71.5 cm³/mol. The standard InChI is InChI=1S/C14H23N3O2/c1-16-6-3-7-17(9-12(16)18)14(19)13-11-5-2-4-10(11)8-15-13/h10-11,13,15H,2-9H2,1H3. The molecule has 3 fully saturated rings. The maximum Gasteiger partial charge on any atom is 0.241 e. The second-order valence-corrected chi connectivity index (χ2v) is 6.17. The largest absolute Gasteiger partial charge is 0.344 e. The van der Waals surface area contributed by atoms with E-state index in [2.05, 4.69) is 5.32 Å². The molecule has 2 heterocycles. The molecular weight excluding hydrogens is 242 g/mol. The van der Waals surface area contributed by atoms with Crippen molar-refractivity contribution >= 4 is 11.8 Å². The lowest BCUT2D eigenvalue weighted by Gasteiger charge is -2.26. The smallest absolute Gasteiger partial charge is 0.241 e. The zero-order valence-electron chi connectivity index (χ0n) is 11.6. The number of nitrogens with zero attached hydrogens (tertiary/aromatic N) is 2. The first-order valence-corrected chi connectivity index (χ1v) is 7.43. The number of amides is 2. The minimum Gasteiger partial charge on any atom is -0.344 e. The van der Waals surface area contributed by atoms with Crippen molar-refractivity contribution in [3.8, 4) is 0 Å². The van der Waals surface area contributed by atoms with Crippen molar-refractivity contribution in [3.05, 3.63) is 0 Å². The Bertz CT molecular complexity index is 385. The van der Waals surface area contributed by atoms with Gasteiger partial charge < -0.3 is 15.1 Å². The zero-order valence-corrected chi connectivity index (χ0v) is 11.6. The van der Waals surface area contributed by atoms with E-state index in [9.17, 15) is 9.59 Å². The van der Waals surface area contributed by atoms with Gasteiger partial charge in [-0.3, -0.25) is 9.59 Å². The quantitative estimate of drug-likeness (QED) is 0.730. The van der Waals surface area contributed by atoms with Gasteiger partial charge in [-0.05, 0) is 37.6 Å². The normalized spacial score (nSPS) is 35.4. The van der Waals surface area contributed by atoms with Crippen LogP contribution in [0.2, 0.25) is 0 Å². The van der Waals surface area contributed by atoms with Crippen LogP contribution in [0, 0.1) is 11.8 Å². The van der Waals surface area contributed by atoms with Crippen LogP contribution in [-0.4, -0.2) is 60.9 Å². The maximum absolute atomic E-state index is 12.6. The number of carbonyl (C=O) groups is 2. The van der Waals surface area contributed by atoms with Gasteiger partial charge in [0.15, 0.2) is 0 Å². The highest BCUT2D eigenvalue weighted by molar-refractivity contribution is 5.88. The third-order valence-corrected chi connectivity index (χ3v) is 5.00. The second kappa shape index (κ2) is 5.12. The number of nitrogens with one attached hydrogen (secondary N) is 1. The lowest BCUT2D eigenvalue weighted by molar-refractivity contribution is -0.139. The van der Waals surface area contributed by atoms with Gasteiger partial charge in [-0.25, -0.2) is 0 Å². The Morgan fingerprint density at radius 2 is 2.11 bits per heavy atom. The highest BCUT2D eigenvalue weighted by Crippen LogP contribution is 2.38. The fourth-order valence-electron chi connectivity index (χ4n) is 3.83. The topological polar surface area (TPSA) is 52.6 Å². The summed E-state index contributed by atoms with van der Waals surface area (Å²) in [5.74, 6) is 1.40. The number of fused-ring (bicyclic) bond motifs is 1. The fourth-order valence-corrected chi connectivity index (χ4v) is 3.83. The molecule has 5 heteroatoms. The number of rotatable bonds is 1. The van der Waals surface area contributed by atoms with Crippen LogP contribution in [0.25, 0.3) is 0 Å². The van der Waals surface area contributed by atoms with Crippen molar-refractivity contribution in [2.45, 2.75) is 31.7 Å². The van der Waals surface area contributed by atoms with Crippen LogP contribution in [0.1, 0.15) is 25.7 Å². The molecule has 106 valence electrons. The molecule has 1 aliphatic carbocycles. The predicted octanol–water partition coefficient (Wildman–Crippen LogP) is 0.0652. The molecule has 2 amide bonds. The lowest BCUT2D eigenvalue weighted by atomic mass is 9.93. The molecule has 5 nitrogen and oxygen atoms in total. The third-order valence-electron chi connectivity index (χ3n) is 5.00. The van der Waals surface area contributed by atoms with Gasteiger partial charge in [0.05, 0.1) is 12.6 Å². The summed E-state index contributed by atoms with van der Waals surface area (Å²) in [5.41, 5.74) is 0. The number of hydrogen-bond donors (Lipinski definition) is 1. The summed E-state index contributed by atoms with van der Waals surface area (Å²) < 4.78 is 0. The molecule has 19 heavy (non-hydrogen) atoms. The lowest BCUT2D eigenvalue weighted by Crippen LogP contribution is -2.48. The molecule has 0 bridgehead atoms. The van der Waals surface area contributed by atoms with E-state index >= 15 is 0 Å². The summed E-state index contributed by atoms with van der Waals surface area (Å²) in [5, 5.41) is 3.39. The molecule has 0 spiro atoms. The van der Waals surface area contributed by atoms with E-state index in [-0.39, 0.29) is 24.4 Å². The van der Waals surface area contributed by atoms with Gasteiger partial charge in [0.1, 0.15) is 0 Å². The van der Waals surface area contributed by atoms with Crippen LogP contribution in [0.4, 0.5) is 0 Å². The van der Waals surface area contributed by atoms with Crippen molar-refractivity contribution < 1.29 is 9.59 Å². The summed E-state index contributed by atoms with van der Waals surface area (Å²) in [6.45, 7) is 2.70. The van der Waals surface area contributed by atoms with E-state index < -0.39 is 0 Å². The van der Waals surface area contributed by atoms with Gasteiger partial charge in [0.2, 0.25) is 11.8 Å². The molecule has 0 aromatic carbocycles. The summed E-state index contributed by atoms with van der Waals surface area (Å²) in [6.07, 6.45) is 4.55. The minimum absolute atomic E-state index is 0.0382. The van der Waals surface area contributed by atoms with E-state index in [1.165, 1.54) is 12.8 Å². The van der Waals surface area contributed by atoms with Crippen molar-refractivity contribution in [2.24, 2.45) is 11.8 Å². The van der Waals surface area contributed by atoms with Crippen LogP contribution in [0.15, 0.2) is 0 Å². The van der Waals surface area contributed by atoms with Crippen molar-refractivity contribution in [1.82, 2.24) is 15.1 Å². The molecule has 3 rings (SSSR count). The van der Waals surface area contributed by atoms with Crippen molar-refractivity contribution in [2.75, 3.05) is 33.2 Å². The summed E-state index contributed by atoms with van der Waals surface area (Å²) >= 11 is 0. The van der Waals surface area contributed by atoms with Crippen LogP contribution in [-0.2, 0) is 9.59 Å². The Morgan fingerprint density at radius 3 is 2.95 bits per heavy atom. The van der Waals surface area contributed by atoms with Gasteiger partial charge in [-0.2, -0.15) is 0 Å². The minimum atomic E-state index is -0.0382. The fraction of sp³-hybridized carbons (Fsp3) is 0.857. The third kappa shape index (κ3) is 2.36. The number of carbonyl (C=O) groups excluding carboxylic acids is 2. The molecule has 0 aromatic rings. The average molecular weight is 265 g/mol. The van der Waals surface area contributed by atoms with Crippen LogP contribution >= 0.6 is 0 Å². The molecule has 3 atom stereocenters. The van der Waals surface area contributed by atoms with E-state index in [0.717, 1.165) is 25.9 Å². The Morgan fingerprint density at radius 1 is 1.26 bits per heavy atom. The van der Waals surface area contributed by atoms with Crippen LogP contribution in [0.5, 0.6) is 0 Å². The number of likely N-dealkylation sites (N-methyl/N-ethyl adjacent to an activating group) is 1. The van der Waals surface area contributed by atoms with Crippen molar-refractivity contribution in [1.29, 1.82) is 0 Å². The Kier molecular flexibility index (Phi) is 3.48. The van der Waals surface area contributed by atoms with Gasteiger partial charge in [-0.15, -0.1) is 0 Å². The molecule has 0 radical (unpaired) electrons. The first-order valence-electron chi connectivity index (χ1n) is 7.43. The van der Waals surface area contributed by atoms with Crippen molar-refractivity contribution in [3.63, 3.8) is 0 Å². The van der Waals surface area contributed by atoms with Crippen LogP contribution in [0.3, 0.4) is 0 Å². The SMILES string of the molecule is CN1CCCN(C(=O)C2NCC3CCCC32)CC1=O. The van der Waals surface area contributed by atoms with E-state index in [0.29, 0.717) is 18.4 Å². The molecule has 2 saturated heterocycles. The summed E-state index contributed by atoms with van der Waals surface area (Å²) in [6, 6.07) is -0.0382. The molecule has 3 unspecified atom stereocenters. The summed E-state index contributed by atoms with van der Waals surface area (Å²) in [7, 11) is 1.82. The maximum atomic E-state index is 12.6. The first kappa shape index (κ1) is 12.9. The van der Waals surface area contributed by atoms with Gasteiger partial charge in [-0.1, -0.05) is 6.42 Å². The Hall–Kier alpha value is -1.10. The van der Waals surface area contributed by atoms with Gasteiger partial charge >= 0.3 is 0 Å². The molecule has 1 saturated carbocycles. The van der Waals surface area contributed by atoms with E-state index in [1.807, 2.05) is 7.05 Å². The molecule has 1 N–H and O–H groups in total. The monoisotopic (exact) mass is 265 g/mol. The average Bonchev–Trinajstić information content (AvgIpc) is 2.94. The highest BCUT2D eigenvalue weighted by atomic mass is 16.2. The second-order valence-electron chi connectivity index (χ2n) is 6.17. The summed E-state index contributed by atoms with van der Waals surface area (Å²) in [4.78, 5) is 28.0. The van der Waals surface area contributed by atoms with E-state index in [1.54, 1.807) is 9.80 Å². The van der Waals surface area contributed by atoms with Gasteiger partial charge in [0, 0.05) is 20.1 Å². The molecular formula is C14H23N3O2. The highest BCUT2D eigenvalue weighted by Gasteiger charge is 2.44. The molecule has 2 aliphatic heterocycles. The Balaban J connectivity index is 1.68.